The molecule has 0 fully saturated rings. The molecule has 0 saturated heterocycles. The molecule has 1 nitrogen and oxygen atoms in total. The standard InChI is InChI=1S/C13H11Cl2OP/c1-10-9-17(16,8-7-12(14)13(10)15)11-5-3-2-4-6-11/h2-9H,1H3. The van der Waals surface area contributed by atoms with E-state index in [1.165, 1.54) is 0 Å². The van der Waals surface area contributed by atoms with Crippen molar-refractivity contribution in [2.24, 2.45) is 0 Å². The first-order valence-corrected chi connectivity index (χ1v) is 7.72. The van der Waals surface area contributed by atoms with Crippen LogP contribution in [0.5, 0.6) is 0 Å². The van der Waals surface area contributed by atoms with E-state index in [0.29, 0.717) is 10.1 Å². The number of hydrogen-bond donors (Lipinski definition) is 0. The summed E-state index contributed by atoms with van der Waals surface area (Å²) in [7, 11) is -2.69. The van der Waals surface area contributed by atoms with Gasteiger partial charge in [-0.15, -0.1) is 0 Å². The quantitative estimate of drug-likeness (QED) is 0.678. The minimum Gasteiger partial charge on any atom is -0.310 e. The molecule has 0 N–H and O–H groups in total. The van der Waals surface area contributed by atoms with Crippen molar-refractivity contribution >= 4 is 35.6 Å². The second kappa shape index (κ2) is 4.86. The molecule has 17 heavy (non-hydrogen) atoms. The zero-order valence-corrected chi connectivity index (χ0v) is 11.6. The first-order chi connectivity index (χ1) is 8.03. The number of hydrogen-bond acceptors (Lipinski definition) is 1. The van der Waals surface area contributed by atoms with Gasteiger partial charge in [-0.2, -0.15) is 0 Å². The summed E-state index contributed by atoms with van der Waals surface area (Å²) in [5.74, 6) is 3.35. The molecule has 0 radical (unpaired) electrons. The molecule has 1 aliphatic heterocycles. The third kappa shape index (κ3) is 2.57. The SMILES string of the molecule is CC1=CP(=O)(c2ccccc2)C=CC(Cl)=C1Cl. The van der Waals surface area contributed by atoms with Crippen LogP contribution in [0.1, 0.15) is 6.92 Å². The molecule has 4 heteroatoms. The highest BCUT2D eigenvalue weighted by Crippen LogP contribution is 2.51. The molecule has 2 rings (SSSR count). The van der Waals surface area contributed by atoms with Gasteiger partial charge in [0.1, 0.15) is 0 Å². The van der Waals surface area contributed by atoms with E-state index in [9.17, 15) is 4.57 Å². The molecular formula is C13H11Cl2OP. The highest BCUT2D eigenvalue weighted by atomic mass is 35.5. The van der Waals surface area contributed by atoms with Crippen molar-refractivity contribution < 1.29 is 4.57 Å². The van der Waals surface area contributed by atoms with Gasteiger partial charge in [-0.05, 0) is 30.2 Å². The predicted octanol–water partition coefficient (Wildman–Crippen LogP) is 4.80. The van der Waals surface area contributed by atoms with E-state index in [4.69, 9.17) is 23.2 Å². The summed E-state index contributed by atoms with van der Waals surface area (Å²) in [6.45, 7) is 1.81. The molecule has 1 heterocycles. The van der Waals surface area contributed by atoms with Crippen molar-refractivity contribution in [1.82, 2.24) is 0 Å². The van der Waals surface area contributed by atoms with Crippen LogP contribution in [0.15, 0.2) is 63.7 Å². The van der Waals surface area contributed by atoms with Crippen molar-refractivity contribution in [2.75, 3.05) is 0 Å². The van der Waals surface area contributed by atoms with E-state index in [0.717, 1.165) is 10.9 Å². The Balaban J connectivity index is 2.57. The Morgan fingerprint density at radius 2 is 1.76 bits per heavy atom. The van der Waals surface area contributed by atoms with Crippen molar-refractivity contribution in [3.8, 4) is 0 Å². The van der Waals surface area contributed by atoms with Crippen molar-refractivity contribution in [3.63, 3.8) is 0 Å². The summed E-state index contributed by atoms with van der Waals surface area (Å²) in [5, 5.41) is 1.66. The van der Waals surface area contributed by atoms with Gasteiger partial charge in [0, 0.05) is 5.30 Å². The van der Waals surface area contributed by atoms with Gasteiger partial charge in [0.15, 0.2) is 7.14 Å². The lowest BCUT2D eigenvalue weighted by Crippen LogP contribution is -1.99. The van der Waals surface area contributed by atoms with Crippen LogP contribution < -0.4 is 5.30 Å². The lowest BCUT2D eigenvalue weighted by Gasteiger charge is -2.09. The molecular weight excluding hydrogens is 274 g/mol. The molecule has 0 bridgehead atoms. The van der Waals surface area contributed by atoms with E-state index >= 15 is 0 Å². The van der Waals surface area contributed by atoms with E-state index in [2.05, 4.69) is 0 Å². The van der Waals surface area contributed by atoms with Gasteiger partial charge in [-0.25, -0.2) is 0 Å². The lowest BCUT2D eigenvalue weighted by atomic mass is 10.3. The Kier molecular flexibility index (Phi) is 3.63. The lowest BCUT2D eigenvalue weighted by molar-refractivity contribution is 0.591. The third-order valence-corrected chi connectivity index (χ3v) is 5.92. The van der Waals surface area contributed by atoms with Crippen molar-refractivity contribution in [1.29, 1.82) is 0 Å². The van der Waals surface area contributed by atoms with Crippen LogP contribution >= 0.6 is 30.3 Å². The zero-order chi connectivity index (χ0) is 12.5. The Bertz CT molecular complexity index is 570. The first kappa shape index (κ1) is 12.7. The number of halogens is 2. The minimum atomic E-state index is -2.69. The summed E-state index contributed by atoms with van der Waals surface area (Å²) < 4.78 is 12.8. The minimum absolute atomic E-state index is 0.425. The molecule has 1 aliphatic rings. The van der Waals surface area contributed by atoms with E-state index in [-0.39, 0.29) is 0 Å². The normalized spacial score (nSPS) is 24.5. The molecule has 1 unspecified atom stereocenters. The maximum absolute atomic E-state index is 12.8. The average molecular weight is 285 g/mol. The second-order valence-electron chi connectivity index (χ2n) is 3.83. The van der Waals surface area contributed by atoms with Gasteiger partial charge in [-0.1, -0.05) is 53.5 Å². The molecule has 0 spiro atoms. The van der Waals surface area contributed by atoms with Crippen molar-refractivity contribution in [3.05, 3.63) is 63.7 Å². The van der Waals surface area contributed by atoms with Crippen molar-refractivity contribution in [2.45, 2.75) is 6.92 Å². The molecule has 88 valence electrons. The fourth-order valence-electron chi connectivity index (χ4n) is 1.65. The maximum atomic E-state index is 12.8. The maximum Gasteiger partial charge on any atom is 0.157 e. The molecule has 0 aliphatic carbocycles. The average Bonchev–Trinajstić information content (AvgIpc) is 2.44. The zero-order valence-electron chi connectivity index (χ0n) is 9.23. The second-order valence-corrected chi connectivity index (χ2v) is 7.11. The van der Waals surface area contributed by atoms with Crippen LogP contribution in [-0.2, 0) is 4.57 Å². The number of rotatable bonds is 1. The Hall–Kier alpha value is -0.750. The van der Waals surface area contributed by atoms with Crippen LogP contribution in [-0.4, -0.2) is 0 Å². The summed E-state index contributed by atoms with van der Waals surface area (Å²) in [6, 6.07) is 9.33. The fourth-order valence-corrected chi connectivity index (χ4v) is 4.26. The molecule has 0 saturated carbocycles. The van der Waals surface area contributed by atoms with Crippen LogP contribution in [0, 0.1) is 0 Å². The van der Waals surface area contributed by atoms with E-state index in [1.54, 1.807) is 17.7 Å². The van der Waals surface area contributed by atoms with Crippen LogP contribution in [0.4, 0.5) is 0 Å². The Labute approximate surface area is 111 Å². The van der Waals surface area contributed by atoms with Crippen LogP contribution in [0.3, 0.4) is 0 Å². The van der Waals surface area contributed by atoms with Gasteiger partial charge < -0.3 is 4.57 Å². The molecule has 0 amide bonds. The first-order valence-electron chi connectivity index (χ1n) is 5.12. The van der Waals surface area contributed by atoms with Crippen LogP contribution in [0.25, 0.3) is 0 Å². The molecule has 1 aromatic carbocycles. The smallest absolute Gasteiger partial charge is 0.157 e. The highest BCUT2D eigenvalue weighted by Gasteiger charge is 2.22. The largest absolute Gasteiger partial charge is 0.310 e. The summed E-state index contributed by atoms with van der Waals surface area (Å²) in [5.41, 5.74) is 0.744. The summed E-state index contributed by atoms with van der Waals surface area (Å²) in [4.78, 5) is 0. The van der Waals surface area contributed by atoms with Gasteiger partial charge >= 0.3 is 0 Å². The predicted molar refractivity (Wildman–Crippen MR) is 75.3 cm³/mol. The number of allylic oxidation sites excluding steroid dienone is 4. The monoisotopic (exact) mass is 284 g/mol. The number of benzene rings is 1. The van der Waals surface area contributed by atoms with Gasteiger partial charge in [0.2, 0.25) is 0 Å². The molecule has 1 aromatic rings. The Morgan fingerprint density at radius 1 is 1.12 bits per heavy atom. The summed E-state index contributed by atoms with van der Waals surface area (Å²) >= 11 is 12.0. The Morgan fingerprint density at radius 3 is 2.41 bits per heavy atom. The van der Waals surface area contributed by atoms with Gasteiger partial charge in [0.25, 0.3) is 0 Å². The highest BCUT2D eigenvalue weighted by molar-refractivity contribution is 7.77. The van der Waals surface area contributed by atoms with Gasteiger partial charge in [-0.3, -0.25) is 0 Å². The van der Waals surface area contributed by atoms with Gasteiger partial charge in [0.05, 0.1) is 10.1 Å². The summed E-state index contributed by atoms with van der Waals surface area (Å²) in [6.07, 6.45) is 1.62. The topological polar surface area (TPSA) is 17.1 Å². The molecule has 0 aromatic heterocycles. The third-order valence-electron chi connectivity index (χ3n) is 2.54. The van der Waals surface area contributed by atoms with Crippen LogP contribution in [0.2, 0.25) is 0 Å². The fraction of sp³-hybridized carbons (Fsp3) is 0.0769. The van der Waals surface area contributed by atoms with E-state index in [1.807, 2.05) is 37.3 Å². The molecule has 1 atom stereocenters. The van der Waals surface area contributed by atoms with E-state index < -0.39 is 7.14 Å².